The van der Waals surface area contributed by atoms with E-state index < -0.39 is 11.9 Å². The molecule has 0 aliphatic carbocycles. The summed E-state index contributed by atoms with van der Waals surface area (Å²) in [5.74, 6) is -0.897. The lowest BCUT2D eigenvalue weighted by molar-refractivity contribution is -0.153. The fourth-order valence-corrected chi connectivity index (χ4v) is 2.46. The lowest BCUT2D eigenvalue weighted by Gasteiger charge is -2.41. The van der Waals surface area contributed by atoms with E-state index in [4.69, 9.17) is 5.11 Å². The molecule has 4 heteroatoms. The largest absolute Gasteiger partial charge is 0.481 e. The molecule has 1 amide bonds. The smallest absolute Gasteiger partial charge is 0.308 e. The lowest BCUT2D eigenvalue weighted by atomic mass is 9.82. The van der Waals surface area contributed by atoms with Gasteiger partial charge in [0.1, 0.15) is 0 Å². The van der Waals surface area contributed by atoms with Gasteiger partial charge in [0.05, 0.1) is 5.92 Å². The molecule has 0 aromatic carbocycles. The number of likely N-dealkylation sites (tertiary alicyclic amines) is 1. The van der Waals surface area contributed by atoms with Crippen molar-refractivity contribution in [3.63, 3.8) is 0 Å². The first-order valence-electron chi connectivity index (χ1n) is 5.51. The molecular formula is C11H19NO3. The van der Waals surface area contributed by atoms with Crippen molar-refractivity contribution in [2.24, 2.45) is 11.8 Å². The fourth-order valence-electron chi connectivity index (χ4n) is 2.46. The minimum Gasteiger partial charge on any atom is -0.481 e. The maximum Gasteiger partial charge on any atom is 0.308 e. The van der Waals surface area contributed by atoms with Gasteiger partial charge in [-0.15, -0.1) is 0 Å². The van der Waals surface area contributed by atoms with Crippen LogP contribution in [0.1, 0.15) is 33.6 Å². The van der Waals surface area contributed by atoms with Crippen LogP contribution in [0, 0.1) is 11.8 Å². The zero-order valence-electron chi connectivity index (χ0n) is 9.56. The zero-order chi connectivity index (χ0) is 11.6. The molecule has 0 saturated carbocycles. The summed E-state index contributed by atoms with van der Waals surface area (Å²) >= 11 is 0. The van der Waals surface area contributed by atoms with E-state index in [9.17, 15) is 9.59 Å². The van der Waals surface area contributed by atoms with Crippen molar-refractivity contribution in [1.29, 1.82) is 0 Å². The Hall–Kier alpha value is -1.06. The Morgan fingerprint density at radius 3 is 2.60 bits per heavy atom. The molecule has 1 fully saturated rings. The maximum absolute atomic E-state index is 11.6. The number of rotatable bonds is 3. The van der Waals surface area contributed by atoms with Crippen LogP contribution in [0.4, 0.5) is 0 Å². The van der Waals surface area contributed by atoms with Crippen LogP contribution >= 0.6 is 0 Å². The molecule has 1 aliphatic rings. The summed E-state index contributed by atoms with van der Waals surface area (Å²) in [6.45, 7) is 6.45. The molecule has 1 saturated heterocycles. The van der Waals surface area contributed by atoms with Gasteiger partial charge in [-0.1, -0.05) is 13.8 Å². The molecule has 0 bridgehead atoms. The summed E-state index contributed by atoms with van der Waals surface area (Å²) in [6, 6.07) is -0.145. The number of hydrogen-bond donors (Lipinski definition) is 1. The van der Waals surface area contributed by atoms with E-state index in [0.29, 0.717) is 19.4 Å². The summed E-state index contributed by atoms with van der Waals surface area (Å²) in [4.78, 5) is 24.5. The number of aliphatic carboxylic acids is 1. The Bertz CT molecular complexity index is 261. The summed E-state index contributed by atoms with van der Waals surface area (Å²) < 4.78 is 0. The van der Waals surface area contributed by atoms with E-state index in [-0.39, 0.29) is 17.9 Å². The van der Waals surface area contributed by atoms with E-state index in [2.05, 4.69) is 0 Å². The molecule has 0 radical (unpaired) electrons. The maximum atomic E-state index is 11.6. The second-order valence-corrected chi connectivity index (χ2v) is 4.40. The molecule has 0 aromatic rings. The fraction of sp³-hybridized carbons (Fsp3) is 0.818. The standard InChI is InChI=1S/C11H19NO3/c1-4-12-9(13)6-5-8(11(14)15)10(12)7(2)3/h7-8,10H,4-6H2,1-3H3,(H,14,15)/t8-,10+/m0/s1. The minimum absolute atomic E-state index is 0.0914. The van der Waals surface area contributed by atoms with Crippen molar-refractivity contribution < 1.29 is 14.7 Å². The first-order chi connectivity index (χ1) is 6.99. The number of carbonyl (C=O) groups excluding carboxylic acids is 1. The highest BCUT2D eigenvalue weighted by Crippen LogP contribution is 2.29. The number of piperidine rings is 1. The van der Waals surface area contributed by atoms with Gasteiger partial charge in [0.25, 0.3) is 0 Å². The van der Waals surface area contributed by atoms with Crippen LogP contribution < -0.4 is 0 Å². The molecule has 1 aliphatic heterocycles. The highest BCUT2D eigenvalue weighted by atomic mass is 16.4. The van der Waals surface area contributed by atoms with Crippen LogP contribution in [0.25, 0.3) is 0 Å². The van der Waals surface area contributed by atoms with E-state index >= 15 is 0 Å². The number of carboxylic acid groups (broad SMARTS) is 1. The molecule has 4 nitrogen and oxygen atoms in total. The molecule has 0 spiro atoms. The van der Waals surface area contributed by atoms with E-state index in [0.717, 1.165) is 0 Å². The van der Waals surface area contributed by atoms with Gasteiger partial charge < -0.3 is 10.0 Å². The van der Waals surface area contributed by atoms with Gasteiger partial charge in [0.15, 0.2) is 0 Å². The first-order valence-corrected chi connectivity index (χ1v) is 5.51. The third kappa shape index (κ3) is 2.30. The van der Waals surface area contributed by atoms with Crippen molar-refractivity contribution in [2.75, 3.05) is 6.54 Å². The van der Waals surface area contributed by atoms with Crippen LogP contribution in [0.5, 0.6) is 0 Å². The van der Waals surface area contributed by atoms with Crippen LogP contribution in [0.15, 0.2) is 0 Å². The van der Waals surface area contributed by atoms with Crippen LogP contribution in [-0.4, -0.2) is 34.5 Å². The monoisotopic (exact) mass is 213 g/mol. The SMILES string of the molecule is CCN1C(=O)CC[C@H](C(=O)O)[C@H]1C(C)C. The minimum atomic E-state index is -0.778. The average Bonchev–Trinajstić information content (AvgIpc) is 2.16. The number of carbonyl (C=O) groups is 2. The number of nitrogens with zero attached hydrogens (tertiary/aromatic N) is 1. The predicted molar refractivity (Wildman–Crippen MR) is 56.4 cm³/mol. The topological polar surface area (TPSA) is 57.6 Å². The Kier molecular flexibility index (Phi) is 3.72. The molecule has 1 rings (SSSR count). The number of hydrogen-bond acceptors (Lipinski definition) is 2. The summed E-state index contributed by atoms with van der Waals surface area (Å²) in [7, 11) is 0. The van der Waals surface area contributed by atoms with Gasteiger partial charge in [0, 0.05) is 19.0 Å². The molecule has 86 valence electrons. The van der Waals surface area contributed by atoms with Crippen molar-refractivity contribution in [3.05, 3.63) is 0 Å². The predicted octanol–water partition coefficient (Wildman–Crippen LogP) is 1.35. The quantitative estimate of drug-likeness (QED) is 0.770. The Morgan fingerprint density at radius 1 is 1.60 bits per heavy atom. The van der Waals surface area contributed by atoms with Gasteiger partial charge in [0.2, 0.25) is 5.91 Å². The van der Waals surface area contributed by atoms with Crippen LogP contribution in [0.3, 0.4) is 0 Å². The summed E-state index contributed by atoms with van der Waals surface area (Å²) in [5.41, 5.74) is 0. The Balaban J connectivity index is 2.92. The summed E-state index contributed by atoms with van der Waals surface area (Å²) in [5, 5.41) is 9.12. The number of amides is 1. The van der Waals surface area contributed by atoms with E-state index in [1.54, 1.807) is 4.90 Å². The van der Waals surface area contributed by atoms with Gasteiger partial charge in [-0.05, 0) is 19.3 Å². The highest BCUT2D eigenvalue weighted by Gasteiger charge is 2.40. The molecular weight excluding hydrogens is 194 g/mol. The van der Waals surface area contributed by atoms with E-state index in [1.165, 1.54) is 0 Å². The average molecular weight is 213 g/mol. The van der Waals surface area contributed by atoms with Gasteiger partial charge in [-0.25, -0.2) is 0 Å². The number of carboxylic acids is 1. The van der Waals surface area contributed by atoms with Crippen molar-refractivity contribution in [1.82, 2.24) is 4.90 Å². The van der Waals surface area contributed by atoms with Crippen molar-refractivity contribution >= 4 is 11.9 Å². The van der Waals surface area contributed by atoms with E-state index in [1.807, 2.05) is 20.8 Å². The lowest BCUT2D eigenvalue weighted by Crippen LogP contribution is -2.53. The normalized spacial score (nSPS) is 27.2. The Morgan fingerprint density at radius 2 is 2.20 bits per heavy atom. The van der Waals surface area contributed by atoms with Gasteiger partial charge in [-0.2, -0.15) is 0 Å². The third-order valence-electron chi connectivity index (χ3n) is 3.10. The van der Waals surface area contributed by atoms with Crippen molar-refractivity contribution in [2.45, 2.75) is 39.7 Å². The molecule has 2 atom stereocenters. The Labute approximate surface area is 90.3 Å². The molecule has 1 heterocycles. The van der Waals surface area contributed by atoms with Crippen LogP contribution in [0.2, 0.25) is 0 Å². The van der Waals surface area contributed by atoms with Gasteiger partial charge in [-0.3, -0.25) is 9.59 Å². The second-order valence-electron chi connectivity index (χ2n) is 4.40. The van der Waals surface area contributed by atoms with Crippen molar-refractivity contribution in [3.8, 4) is 0 Å². The molecule has 15 heavy (non-hydrogen) atoms. The van der Waals surface area contributed by atoms with Crippen LogP contribution in [-0.2, 0) is 9.59 Å². The van der Waals surface area contributed by atoms with Gasteiger partial charge >= 0.3 is 5.97 Å². The summed E-state index contributed by atoms with van der Waals surface area (Å²) in [6.07, 6.45) is 0.849. The highest BCUT2D eigenvalue weighted by molar-refractivity contribution is 5.81. The first kappa shape index (κ1) is 12.0. The second kappa shape index (κ2) is 4.64. The molecule has 0 aromatic heterocycles. The third-order valence-corrected chi connectivity index (χ3v) is 3.10. The molecule has 0 unspecified atom stereocenters. The zero-order valence-corrected chi connectivity index (χ0v) is 9.56. The molecule has 1 N–H and O–H groups in total.